The molecule has 0 aromatic rings. The molecule has 0 aliphatic carbocycles. The monoisotopic (exact) mass is 606 g/mol. The van der Waals surface area contributed by atoms with E-state index in [9.17, 15) is 0 Å². The van der Waals surface area contributed by atoms with Crippen LogP contribution in [0.15, 0.2) is 0 Å². The minimum Gasteiger partial charge on any atom is -0.358 e. The summed E-state index contributed by atoms with van der Waals surface area (Å²) in [5.74, 6) is 0. The van der Waals surface area contributed by atoms with E-state index in [1.807, 2.05) is 0 Å². The third kappa shape index (κ3) is 449. The minimum absolute atomic E-state index is 0. The zero-order valence-corrected chi connectivity index (χ0v) is 20.9. The van der Waals surface area contributed by atoms with E-state index in [4.69, 9.17) is 10.1 Å². The molecule has 16 heavy (non-hydrogen) atoms. The molecule has 0 saturated carbocycles. The average molecular weight is 605 g/mol. The molecular formula is C6H20B2I2N2O2Y2-4. The zero-order chi connectivity index (χ0) is 7.58. The third-order valence-electron chi connectivity index (χ3n) is 0. The molecule has 0 aromatic carbocycles. The van der Waals surface area contributed by atoms with Crippen LogP contribution in [0.4, 0.5) is 0 Å². The fourth-order valence-corrected chi connectivity index (χ4v) is 0. The van der Waals surface area contributed by atoms with Crippen molar-refractivity contribution in [2.24, 2.45) is 5.73 Å². The fraction of sp³-hybridized carbons (Fsp3) is 0.333. The molecular weight excluding hydrogens is 585 g/mol. The Bertz CT molecular complexity index is 61.5. The number of rotatable bonds is 0. The molecule has 0 fully saturated rings. The van der Waals surface area contributed by atoms with Crippen molar-refractivity contribution in [3.8, 4) is 0 Å². The van der Waals surface area contributed by atoms with Crippen molar-refractivity contribution in [2.75, 3.05) is 14.1 Å². The molecule has 0 bridgehead atoms. The molecule has 2 N–H and O–H groups in total. The van der Waals surface area contributed by atoms with Gasteiger partial charge in [-0.3, -0.25) is 10.1 Å². The SMILES string of the molecule is CN.C[N+](=O)[O-].II.[B].[B].[CH3-].[CH3-].[CH3-].[CH3-].[Y].[Y]. The second-order valence-electron chi connectivity index (χ2n) is 0.440. The Kier molecular flexibility index (Phi) is 836. The van der Waals surface area contributed by atoms with Crippen LogP contribution in [-0.4, -0.2) is 35.8 Å². The molecule has 0 spiro atoms. The molecule has 0 aromatic heterocycles. The fourth-order valence-electron chi connectivity index (χ4n) is 0. The molecule has 0 atom stereocenters. The number of halogens is 2. The third-order valence-corrected chi connectivity index (χ3v) is 0. The Morgan fingerprint density at radius 1 is 0.938 bits per heavy atom. The van der Waals surface area contributed by atoms with Gasteiger partial charge in [0, 0.05) is 124 Å². The first-order valence-electron chi connectivity index (χ1n) is 1.53. The molecule has 0 rings (SSSR count). The standard InChI is InChI=1S/CH3NO2.CH5N.4CH3.2B.I2.2Y/c1-2(3)4;1-2;;;;;;;1-2;;/h1H3;2H2,1H3;4*1H3;;;;;/q;;4*-1;;;;;. The summed E-state index contributed by atoms with van der Waals surface area (Å²) in [6.07, 6.45) is 0. The predicted octanol–water partition coefficient (Wildman–Crippen LogP) is 2.27. The van der Waals surface area contributed by atoms with Crippen LogP contribution in [0.2, 0.25) is 0 Å². The molecule has 0 heterocycles. The molecule has 96 valence electrons. The molecule has 10 heteroatoms. The summed E-state index contributed by atoms with van der Waals surface area (Å²) in [4.78, 5) is 8.31. The maximum absolute atomic E-state index is 8.81. The molecule has 0 aliphatic rings. The van der Waals surface area contributed by atoms with E-state index < -0.39 is 4.92 Å². The van der Waals surface area contributed by atoms with Gasteiger partial charge >= 0.3 is 0 Å². The summed E-state index contributed by atoms with van der Waals surface area (Å²) >= 11 is 4.24. The maximum atomic E-state index is 8.81. The summed E-state index contributed by atoms with van der Waals surface area (Å²) in [5.41, 5.74) is 4.50. The summed E-state index contributed by atoms with van der Waals surface area (Å²) in [5, 5.41) is 8.81. The first-order valence-corrected chi connectivity index (χ1v) is 7.82. The summed E-state index contributed by atoms with van der Waals surface area (Å²) in [6.45, 7) is 0. The van der Waals surface area contributed by atoms with Crippen molar-refractivity contribution in [2.45, 2.75) is 0 Å². The van der Waals surface area contributed by atoms with Crippen molar-refractivity contribution in [1.82, 2.24) is 0 Å². The van der Waals surface area contributed by atoms with Gasteiger partial charge in [-0.15, -0.1) is 0 Å². The summed E-state index contributed by atoms with van der Waals surface area (Å²) in [6, 6.07) is 0. The van der Waals surface area contributed by atoms with Gasteiger partial charge in [0.25, 0.3) is 0 Å². The molecule has 0 amide bonds. The number of nitro groups is 1. The van der Waals surface area contributed by atoms with Gasteiger partial charge in [-0.05, 0) is 7.05 Å². The van der Waals surface area contributed by atoms with Gasteiger partial charge in [0.2, 0.25) is 0 Å². The van der Waals surface area contributed by atoms with Gasteiger partial charge in [-0.1, -0.05) is 0 Å². The summed E-state index contributed by atoms with van der Waals surface area (Å²) < 4.78 is 0. The van der Waals surface area contributed by atoms with E-state index in [2.05, 4.69) is 43.0 Å². The van der Waals surface area contributed by atoms with Crippen LogP contribution < -0.4 is 5.73 Å². The van der Waals surface area contributed by atoms with E-state index in [0.29, 0.717) is 0 Å². The zero-order valence-electron chi connectivity index (χ0n) is 10.9. The van der Waals surface area contributed by atoms with Crippen LogP contribution in [0.3, 0.4) is 0 Å². The Morgan fingerprint density at radius 3 is 0.938 bits per heavy atom. The Labute approximate surface area is 181 Å². The van der Waals surface area contributed by atoms with Crippen molar-refractivity contribution in [3.05, 3.63) is 39.8 Å². The first kappa shape index (κ1) is 94.9. The van der Waals surface area contributed by atoms with Gasteiger partial charge in [0.15, 0.2) is 7.05 Å². The molecule has 0 aliphatic heterocycles. The van der Waals surface area contributed by atoms with Crippen LogP contribution in [0.25, 0.3) is 0 Å². The van der Waals surface area contributed by atoms with E-state index in [-0.39, 0.29) is 112 Å². The molecule has 0 unspecified atom stereocenters. The summed E-state index contributed by atoms with van der Waals surface area (Å²) in [7, 11) is 2.39. The van der Waals surface area contributed by atoms with Crippen LogP contribution in [0.1, 0.15) is 0 Å². The van der Waals surface area contributed by atoms with Crippen molar-refractivity contribution < 1.29 is 70.3 Å². The number of nitrogens with zero attached hydrogens (tertiary/aromatic N) is 1. The van der Waals surface area contributed by atoms with E-state index in [1.54, 1.807) is 0 Å². The normalized spacial score (nSPS) is 2.31. The number of hydrogen-bond donors (Lipinski definition) is 1. The largest absolute Gasteiger partial charge is 0.358 e. The first-order chi connectivity index (χ1) is 3.73. The Morgan fingerprint density at radius 2 is 0.938 bits per heavy atom. The second-order valence-corrected chi connectivity index (χ2v) is 0.440. The van der Waals surface area contributed by atoms with Gasteiger partial charge in [-0.25, -0.2) is 0 Å². The van der Waals surface area contributed by atoms with E-state index >= 15 is 0 Å². The van der Waals surface area contributed by atoms with Crippen LogP contribution >= 0.6 is 37.2 Å². The molecule has 8 radical (unpaired) electrons. The number of nitrogens with two attached hydrogens (primary N) is 1. The van der Waals surface area contributed by atoms with Gasteiger partial charge in [-0.2, -0.15) is 0 Å². The Hall–Kier alpha value is 3.16. The van der Waals surface area contributed by atoms with Gasteiger partial charge in [0.1, 0.15) is 0 Å². The topological polar surface area (TPSA) is 69.2 Å². The average Bonchev–Trinajstić information content (AvgIpc) is 1.75. The minimum atomic E-state index is -0.500. The quantitative estimate of drug-likeness (QED) is 0.152. The number of hydrogen-bond acceptors (Lipinski definition) is 3. The Balaban J connectivity index is -0.00000000218. The van der Waals surface area contributed by atoms with Crippen molar-refractivity contribution in [3.63, 3.8) is 0 Å². The van der Waals surface area contributed by atoms with Crippen molar-refractivity contribution in [1.29, 1.82) is 0 Å². The molecule has 4 nitrogen and oxygen atoms in total. The second kappa shape index (κ2) is 141. The van der Waals surface area contributed by atoms with E-state index in [1.165, 1.54) is 7.05 Å². The van der Waals surface area contributed by atoms with E-state index in [0.717, 1.165) is 7.05 Å². The molecule has 0 saturated heterocycles. The van der Waals surface area contributed by atoms with Crippen LogP contribution in [-0.2, 0) is 65.4 Å². The van der Waals surface area contributed by atoms with Crippen LogP contribution in [0.5, 0.6) is 0 Å². The predicted molar refractivity (Wildman–Crippen MR) is 88.2 cm³/mol. The van der Waals surface area contributed by atoms with Gasteiger partial charge < -0.3 is 35.4 Å². The van der Waals surface area contributed by atoms with Crippen molar-refractivity contribution >= 4 is 54.1 Å². The van der Waals surface area contributed by atoms with Gasteiger partial charge in [0.05, 0.1) is 0 Å². The maximum Gasteiger partial charge on any atom is 0.194 e. The smallest absolute Gasteiger partial charge is 0.194 e. The van der Waals surface area contributed by atoms with Crippen LogP contribution in [0, 0.1) is 39.8 Å².